The van der Waals surface area contributed by atoms with E-state index in [2.05, 4.69) is 18.7 Å². The molecule has 0 aromatic heterocycles. The van der Waals surface area contributed by atoms with Gasteiger partial charge in [0.1, 0.15) is 0 Å². The second kappa shape index (κ2) is 13.0. The predicted octanol–water partition coefficient (Wildman–Crippen LogP) is 4.52. The number of aliphatic carboxylic acids is 1. The summed E-state index contributed by atoms with van der Waals surface area (Å²) in [6.07, 6.45) is 7.98. The lowest BCUT2D eigenvalue weighted by atomic mass is 9.75. The van der Waals surface area contributed by atoms with Gasteiger partial charge in [-0.1, -0.05) is 32.8 Å². The van der Waals surface area contributed by atoms with Crippen LogP contribution in [-0.2, 0) is 14.3 Å². The third-order valence-corrected chi connectivity index (χ3v) is 8.55. The van der Waals surface area contributed by atoms with Gasteiger partial charge in [0, 0.05) is 38.7 Å². The molecule has 2 fully saturated rings. The summed E-state index contributed by atoms with van der Waals surface area (Å²) in [7, 11) is 1.75. The van der Waals surface area contributed by atoms with Gasteiger partial charge in [0.25, 0.3) is 0 Å². The molecule has 1 aromatic rings. The molecule has 1 saturated heterocycles. The molecule has 206 valence electrons. The number of hydrogen-bond donors (Lipinski definition) is 1. The van der Waals surface area contributed by atoms with Crippen LogP contribution in [-0.4, -0.2) is 79.0 Å². The Morgan fingerprint density at radius 1 is 1.05 bits per heavy atom. The number of amides is 1. The molecule has 3 aliphatic rings. The maximum atomic E-state index is 13.6. The highest BCUT2D eigenvalue weighted by Gasteiger charge is 2.50. The number of benzene rings is 1. The molecule has 4 rings (SSSR count). The molecule has 1 aliphatic carbocycles. The van der Waals surface area contributed by atoms with Crippen LogP contribution in [0.2, 0.25) is 0 Å². The number of nitrogens with zero attached hydrogens (tertiary/aromatic N) is 2. The third kappa shape index (κ3) is 6.40. The molecule has 3 atom stereocenters. The van der Waals surface area contributed by atoms with E-state index in [1.165, 1.54) is 0 Å². The first-order valence-electron chi connectivity index (χ1n) is 14.1. The lowest BCUT2D eigenvalue weighted by Crippen LogP contribution is -2.48. The van der Waals surface area contributed by atoms with Crippen molar-refractivity contribution in [3.05, 3.63) is 23.8 Å². The molecule has 2 aliphatic heterocycles. The van der Waals surface area contributed by atoms with Gasteiger partial charge in [0.05, 0.1) is 18.6 Å². The standard InChI is InChI=1S/C29H44N2O6/c1-4-6-14-30(15-7-5-2)26(32)18-31-17-23(21-10-13-24-25(16-21)37-19-36-24)27(29(33)34)28(31)20-8-11-22(35-3)12-9-20/h10,13,16,20,22-23,27-28H,4-9,11-12,14-15,17-19H2,1-3H3,(H,33,34)/t20?,22?,23?,27?,28-/m0/s1. The Labute approximate surface area is 221 Å². The van der Waals surface area contributed by atoms with E-state index in [0.717, 1.165) is 70.0 Å². The smallest absolute Gasteiger partial charge is 0.308 e. The minimum Gasteiger partial charge on any atom is -0.481 e. The minimum atomic E-state index is -0.787. The summed E-state index contributed by atoms with van der Waals surface area (Å²) in [5.74, 6) is 0.107. The zero-order valence-electron chi connectivity index (χ0n) is 22.7. The van der Waals surface area contributed by atoms with Crippen molar-refractivity contribution < 1.29 is 28.9 Å². The highest BCUT2D eigenvalue weighted by molar-refractivity contribution is 5.79. The largest absolute Gasteiger partial charge is 0.481 e. The van der Waals surface area contributed by atoms with Gasteiger partial charge >= 0.3 is 5.97 Å². The number of carboxylic acids is 1. The second-order valence-corrected chi connectivity index (χ2v) is 10.9. The first-order valence-corrected chi connectivity index (χ1v) is 14.1. The lowest BCUT2D eigenvalue weighted by molar-refractivity contribution is -0.145. The molecule has 1 saturated carbocycles. The van der Waals surface area contributed by atoms with Crippen LogP contribution >= 0.6 is 0 Å². The van der Waals surface area contributed by atoms with Crippen molar-refractivity contribution in [2.24, 2.45) is 11.8 Å². The Balaban J connectivity index is 1.60. The van der Waals surface area contributed by atoms with Crippen molar-refractivity contribution in [1.29, 1.82) is 0 Å². The first kappa shape index (κ1) is 27.7. The molecular weight excluding hydrogens is 472 g/mol. The SMILES string of the molecule is CCCCN(CCCC)C(=O)CN1CC(c2ccc3c(c2)OCO3)C(C(=O)O)[C@@H]1C1CCC(OC)CC1. The molecule has 2 unspecified atom stereocenters. The minimum absolute atomic E-state index is 0.118. The zero-order chi connectivity index (χ0) is 26.4. The molecule has 8 nitrogen and oxygen atoms in total. The van der Waals surface area contributed by atoms with Crippen LogP contribution in [0.3, 0.4) is 0 Å². The number of carbonyl (C=O) groups excluding carboxylic acids is 1. The third-order valence-electron chi connectivity index (χ3n) is 8.55. The highest BCUT2D eigenvalue weighted by Crippen LogP contribution is 2.46. The number of carbonyl (C=O) groups is 2. The van der Waals surface area contributed by atoms with E-state index in [1.807, 2.05) is 23.1 Å². The van der Waals surface area contributed by atoms with Gasteiger partial charge < -0.3 is 24.2 Å². The van der Waals surface area contributed by atoms with Crippen molar-refractivity contribution in [3.8, 4) is 11.5 Å². The van der Waals surface area contributed by atoms with Crippen LogP contribution in [0.1, 0.15) is 76.7 Å². The van der Waals surface area contributed by atoms with Crippen LogP contribution in [0, 0.1) is 11.8 Å². The van der Waals surface area contributed by atoms with Crippen LogP contribution in [0.5, 0.6) is 11.5 Å². The van der Waals surface area contributed by atoms with Gasteiger partial charge in [0.2, 0.25) is 12.7 Å². The predicted molar refractivity (Wildman–Crippen MR) is 141 cm³/mol. The molecule has 1 amide bonds. The molecule has 2 heterocycles. The van der Waals surface area contributed by atoms with Gasteiger partial charge in [-0.05, 0) is 62.1 Å². The number of methoxy groups -OCH3 is 1. The maximum Gasteiger partial charge on any atom is 0.308 e. The van der Waals surface area contributed by atoms with Gasteiger partial charge in [0.15, 0.2) is 11.5 Å². The van der Waals surface area contributed by atoms with Crippen LogP contribution in [0.15, 0.2) is 18.2 Å². The number of rotatable bonds is 12. The summed E-state index contributed by atoms with van der Waals surface area (Å²) in [5.41, 5.74) is 0.941. The Hall–Kier alpha value is -2.32. The first-order chi connectivity index (χ1) is 18.0. The van der Waals surface area contributed by atoms with Crippen molar-refractivity contribution >= 4 is 11.9 Å². The Kier molecular flexibility index (Phi) is 9.71. The molecule has 0 bridgehead atoms. The highest BCUT2D eigenvalue weighted by atomic mass is 16.7. The average Bonchev–Trinajstić information content (AvgIpc) is 3.53. The monoisotopic (exact) mass is 516 g/mol. The van der Waals surface area contributed by atoms with E-state index in [0.29, 0.717) is 18.0 Å². The fraction of sp³-hybridized carbons (Fsp3) is 0.724. The lowest BCUT2D eigenvalue weighted by Gasteiger charge is -2.38. The van der Waals surface area contributed by atoms with Gasteiger partial charge in [-0.3, -0.25) is 14.5 Å². The molecule has 1 N–H and O–H groups in total. The summed E-state index contributed by atoms with van der Waals surface area (Å²) in [6.45, 7) is 6.82. The fourth-order valence-electron chi connectivity index (χ4n) is 6.49. The van der Waals surface area contributed by atoms with E-state index in [-0.39, 0.29) is 43.2 Å². The summed E-state index contributed by atoms with van der Waals surface area (Å²) in [5, 5.41) is 10.5. The second-order valence-electron chi connectivity index (χ2n) is 10.9. The van der Waals surface area contributed by atoms with E-state index < -0.39 is 11.9 Å². The van der Waals surface area contributed by atoms with Crippen molar-refractivity contribution in [3.63, 3.8) is 0 Å². The molecule has 1 aromatic carbocycles. The van der Waals surface area contributed by atoms with Crippen molar-refractivity contribution in [2.45, 2.75) is 83.3 Å². The summed E-state index contributed by atoms with van der Waals surface area (Å²) in [4.78, 5) is 30.6. The molecule has 37 heavy (non-hydrogen) atoms. The summed E-state index contributed by atoms with van der Waals surface area (Å²) in [6, 6.07) is 5.59. The zero-order valence-corrected chi connectivity index (χ0v) is 22.7. The van der Waals surface area contributed by atoms with Gasteiger partial charge in [-0.15, -0.1) is 0 Å². The fourth-order valence-corrected chi connectivity index (χ4v) is 6.49. The van der Waals surface area contributed by atoms with E-state index in [4.69, 9.17) is 14.2 Å². The number of ether oxygens (including phenoxy) is 3. The van der Waals surface area contributed by atoms with Gasteiger partial charge in [-0.2, -0.15) is 0 Å². The maximum absolute atomic E-state index is 13.6. The Morgan fingerprint density at radius 2 is 1.73 bits per heavy atom. The van der Waals surface area contributed by atoms with Crippen LogP contribution in [0.25, 0.3) is 0 Å². The summed E-state index contributed by atoms with van der Waals surface area (Å²) >= 11 is 0. The topological polar surface area (TPSA) is 88.5 Å². The Morgan fingerprint density at radius 3 is 2.35 bits per heavy atom. The van der Waals surface area contributed by atoms with Crippen molar-refractivity contribution in [1.82, 2.24) is 9.80 Å². The normalized spacial score (nSPS) is 27.4. The van der Waals surface area contributed by atoms with Gasteiger partial charge in [-0.25, -0.2) is 0 Å². The number of carboxylic acid groups (broad SMARTS) is 1. The molecule has 8 heteroatoms. The number of fused-ring (bicyclic) bond motifs is 1. The van der Waals surface area contributed by atoms with E-state index in [1.54, 1.807) is 7.11 Å². The van der Waals surface area contributed by atoms with Crippen LogP contribution < -0.4 is 9.47 Å². The average molecular weight is 517 g/mol. The number of hydrogen-bond acceptors (Lipinski definition) is 6. The molecule has 0 spiro atoms. The number of unbranched alkanes of at least 4 members (excludes halogenated alkanes) is 2. The molecular formula is C29H44N2O6. The van der Waals surface area contributed by atoms with E-state index in [9.17, 15) is 14.7 Å². The van der Waals surface area contributed by atoms with E-state index >= 15 is 0 Å². The Bertz CT molecular complexity index is 908. The quantitative estimate of drug-likeness (QED) is 0.437. The van der Waals surface area contributed by atoms with Crippen molar-refractivity contribution in [2.75, 3.05) is 40.1 Å². The molecule has 0 radical (unpaired) electrons. The van der Waals surface area contributed by atoms with Crippen LogP contribution in [0.4, 0.5) is 0 Å². The summed E-state index contributed by atoms with van der Waals surface area (Å²) < 4.78 is 16.7. The number of likely N-dealkylation sites (tertiary alicyclic amines) is 1.